The molecule has 0 atom stereocenters. The number of aryl methyl sites for hydroxylation is 1. The molecule has 0 amide bonds. The van der Waals surface area contributed by atoms with Gasteiger partial charge >= 0.3 is 6.18 Å². The maximum absolute atomic E-state index is 12.7. The average Bonchev–Trinajstić information content (AvgIpc) is 3.12. The quantitative estimate of drug-likeness (QED) is 0.496. The van der Waals surface area contributed by atoms with Gasteiger partial charge in [-0.15, -0.1) is 0 Å². The molecule has 0 spiro atoms. The van der Waals surface area contributed by atoms with Crippen molar-refractivity contribution in [2.75, 3.05) is 26.3 Å². The van der Waals surface area contributed by atoms with E-state index in [1.165, 1.54) is 0 Å². The number of nitrogens with zero attached hydrogens (tertiary/aromatic N) is 2. The van der Waals surface area contributed by atoms with E-state index in [-0.39, 0.29) is 6.42 Å². The molecular formula is C24H26F3N3OS. The lowest BCUT2D eigenvalue weighted by molar-refractivity contribution is -0.135. The van der Waals surface area contributed by atoms with Crippen molar-refractivity contribution in [1.82, 2.24) is 9.47 Å². The summed E-state index contributed by atoms with van der Waals surface area (Å²) in [7, 11) is 0. The van der Waals surface area contributed by atoms with E-state index in [0.29, 0.717) is 11.5 Å². The summed E-state index contributed by atoms with van der Waals surface area (Å²) in [5, 5.41) is 1.00. The van der Waals surface area contributed by atoms with Gasteiger partial charge in [-0.05, 0) is 29.7 Å². The molecule has 170 valence electrons. The van der Waals surface area contributed by atoms with E-state index < -0.39 is 12.6 Å². The highest BCUT2D eigenvalue weighted by Gasteiger charge is 2.26. The highest BCUT2D eigenvalue weighted by molar-refractivity contribution is 7.80. The molecule has 8 heteroatoms. The first-order valence-corrected chi connectivity index (χ1v) is 11.1. The summed E-state index contributed by atoms with van der Waals surface area (Å²) in [5.74, 6) is 0. The molecule has 32 heavy (non-hydrogen) atoms. The van der Waals surface area contributed by atoms with Gasteiger partial charge in [0.15, 0.2) is 0 Å². The van der Waals surface area contributed by atoms with Crippen LogP contribution in [0.4, 0.5) is 13.2 Å². The zero-order chi connectivity index (χ0) is 22.7. The van der Waals surface area contributed by atoms with Crippen LogP contribution in [0.3, 0.4) is 0 Å². The fraction of sp³-hybridized carbons (Fsp3) is 0.375. The number of nitrogens with two attached hydrogens (primary N) is 1. The van der Waals surface area contributed by atoms with Crippen molar-refractivity contribution in [3.05, 3.63) is 59.8 Å². The molecule has 3 aromatic rings. The molecule has 2 aromatic carbocycles. The SMILES string of the molecule is NC(=S)c1cccc(-c2cn(CCCC(F)(F)F)c3cc(CN4CCOCC4)ccc23)c1. The molecule has 1 aliphatic heterocycles. The molecule has 1 fully saturated rings. The van der Waals surface area contributed by atoms with Gasteiger partial charge in [-0.25, -0.2) is 0 Å². The summed E-state index contributed by atoms with van der Waals surface area (Å²) in [6, 6.07) is 13.9. The Hall–Kier alpha value is -2.42. The van der Waals surface area contributed by atoms with Crippen molar-refractivity contribution >= 4 is 28.1 Å². The molecule has 4 nitrogen and oxygen atoms in total. The van der Waals surface area contributed by atoms with Gasteiger partial charge in [0, 0.05) is 60.8 Å². The standard InChI is InChI=1S/C24H26F3N3OS/c25-24(26,27)7-2-8-30-16-21(18-3-1-4-19(14-18)23(28)32)20-6-5-17(13-22(20)30)15-29-9-11-31-12-10-29/h1,3-6,13-14,16H,2,7-12,15H2,(H2,28,32). The van der Waals surface area contributed by atoms with Crippen LogP contribution in [0.15, 0.2) is 48.7 Å². The number of thiocarbonyl (C=S) groups is 1. The number of rotatable bonds is 7. The van der Waals surface area contributed by atoms with Crippen LogP contribution in [0.25, 0.3) is 22.0 Å². The van der Waals surface area contributed by atoms with Crippen LogP contribution >= 0.6 is 12.2 Å². The predicted molar refractivity (Wildman–Crippen MR) is 125 cm³/mol. The number of ether oxygens (including phenoxy) is 1. The Morgan fingerprint density at radius 3 is 2.59 bits per heavy atom. The summed E-state index contributed by atoms with van der Waals surface area (Å²) in [6.45, 7) is 4.29. The largest absolute Gasteiger partial charge is 0.389 e. The van der Waals surface area contributed by atoms with E-state index in [1.54, 1.807) is 0 Å². The van der Waals surface area contributed by atoms with Crippen LogP contribution in [0.2, 0.25) is 0 Å². The van der Waals surface area contributed by atoms with Crippen LogP contribution in [0.1, 0.15) is 24.0 Å². The molecule has 1 aromatic heterocycles. The number of fused-ring (bicyclic) bond motifs is 1. The lowest BCUT2D eigenvalue weighted by atomic mass is 10.0. The maximum Gasteiger partial charge on any atom is 0.389 e. The minimum Gasteiger partial charge on any atom is -0.389 e. The van der Waals surface area contributed by atoms with E-state index >= 15 is 0 Å². The van der Waals surface area contributed by atoms with Crippen LogP contribution in [0, 0.1) is 0 Å². The lowest BCUT2D eigenvalue weighted by Crippen LogP contribution is -2.35. The van der Waals surface area contributed by atoms with Crippen molar-refractivity contribution in [2.24, 2.45) is 5.73 Å². The van der Waals surface area contributed by atoms with Crippen LogP contribution in [-0.2, 0) is 17.8 Å². The third-order valence-corrected chi connectivity index (χ3v) is 6.01. The zero-order valence-corrected chi connectivity index (χ0v) is 18.5. The number of alkyl halides is 3. The van der Waals surface area contributed by atoms with E-state index in [0.717, 1.165) is 66.0 Å². The average molecular weight is 462 g/mol. The molecule has 0 radical (unpaired) electrons. The van der Waals surface area contributed by atoms with Crippen molar-refractivity contribution in [1.29, 1.82) is 0 Å². The third-order valence-electron chi connectivity index (χ3n) is 5.77. The van der Waals surface area contributed by atoms with Gasteiger partial charge in [0.1, 0.15) is 4.99 Å². The second-order valence-electron chi connectivity index (χ2n) is 8.14. The van der Waals surface area contributed by atoms with Crippen molar-refractivity contribution in [3.8, 4) is 11.1 Å². The topological polar surface area (TPSA) is 43.4 Å². The number of aromatic nitrogens is 1. The summed E-state index contributed by atoms with van der Waals surface area (Å²) in [4.78, 5) is 2.64. The number of hydrogen-bond acceptors (Lipinski definition) is 3. The van der Waals surface area contributed by atoms with Crippen molar-refractivity contribution in [3.63, 3.8) is 0 Å². The number of benzene rings is 2. The predicted octanol–water partition coefficient (Wildman–Crippen LogP) is 5.12. The Labute approximate surface area is 190 Å². The highest BCUT2D eigenvalue weighted by atomic mass is 32.1. The number of morpholine rings is 1. The minimum absolute atomic E-state index is 0.0351. The molecule has 0 saturated carbocycles. The fourth-order valence-corrected chi connectivity index (χ4v) is 4.29. The highest BCUT2D eigenvalue weighted by Crippen LogP contribution is 2.33. The summed E-state index contributed by atoms with van der Waals surface area (Å²) in [6.07, 6.45) is -2.98. The zero-order valence-electron chi connectivity index (χ0n) is 17.7. The van der Waals surface area contributed by atoms with Crippen molar-refractivity contribution < 1.29 is 17.9 Å². The molecule has 1 aliphatic rings. The Kier molecular flexibility index (Phi) is 6.83. The first kappa shape index (κ1) is 22.8. The van der Waals surface area contributed by atoms with Gasteiger partial charge < -0.3 is 15.0 Å². The monoisotopic (exact) mass is 461 g/mol. The van der Waals surface area contributed by atoms with E-state index in [9.17, 15) is 13.2 Å². The van der Waals surface area contributed by atoms with Gasteiger partial charge in [-0.1, -0.05) is 42.5 Å². The lowest BCUT2D eigenvalue weighted by Gasteiger charge is -2.26. The first-order valence-electron chi connectivity index (χ1n) is 10.7. The minimum atomic E-state index is -4.15. The van der Waals surface area contributed by atoms with Gasteiger partial charge in [-0.2, -0.15) is 13.2 Å². The summed E-state index contributed by atoms with van der Waals surface area (Å²) < 4.78 is 45.6. The molecule has 0 bridgehead atoms. The van der Waals surface area contributed by atoms with Gasteiger partial charge in [0.25, 0.3) is 0 Å². The van der Waals surface area contributed by atoms with Crippen LogP contribution in [0.5, 0.6) is 0 Å². The third kappa shape index (κ3) is 5.49. The Bertz CT molecular complexity index is 1100. The van der Waals surface area contributed by atoms with E-state index in [4.69, 9.17) is 22.7 Å². The Balaban J connectivity index is 1.70. The summed E-state index contributed by atoms with van der Waals surface area (Å²) >= 11 is 5.11. The number of halogens is 3. The normalized spacial score (nSPS) is 15.3. The number of hydrogen-bond donors (Lipinski definition) is 1. The van der Waals surface area contributed by atoms with Crippen LogP contribution < -0.4 is 5.73 Å². The molecule has 2 N–H and O–H groups in total. The molecule has 4 rings (SSSR count). The Morgan fingerprint density at radius 2 is 1.88 bits per heavy atom. The molecule has 0 unspecified atom stereocenters. The maximum atomic E-state index is 12.7. The van der Waals surface area contributed by atoms with Gasteiger partial charge in [-0.3, -0.25) is 4.90 Å². The van der Waals surface area contributed by atoms with Gasteiger partial charge in [0.2, 0.25) is 0 Å². The molecule has 2 heterocycles. The first-order chi connectivity index (χ1) is 15.3. The van der Waals surface area contributed by atoms with Gasteiger partial charge in [0.05, 0.1) is 13.2 Å². The molecule has 1 saturated heterocycles. The molecule has 0 aliphatic carbocycles. The van der Waals surface area contributed by atoms with Crippen LogP contribution in [-0.4, -0.2) is 46.9 Å². The second kappa shape index (κ2) is 9.60. The van der Waals surface area contributed by atoms with Crippen molar-refractivity contribution in [2.45, 2.75) is 32.1 Å². The smallest absolute Gasteiger partial charge is 0.389 e. The summed E-state index contributed by atoms with van der Waals surface area (Å²) in [5.41, 5.74) is 10.5. The fourth-order valence-electron chi connectivity index (χ4n) is 4.16. The second-order valence-corrected chi connectivity index (χ2v) is 8.58. The Morgan fingerprint density at radius 1 is 1.09 bits per heavy atom. The van der Waals surface area contributed by atoms with E-state index in [2.05, 4.69) is 23.1 Å². The molecular weight excluding hydrogens is 435 g/mol. The van der Waals surface area contributed by atoms with E-state index in [1.807, 2.05) is 35.0 Å².